The molecule has 2 heterocycles. The minimum Gasteiger partial charge on any atom is -0.494 e. The van der Waals surface area contributed by atoms with Gasteiger partial charge in [0.25, 0.3) is 10.0 Å². The molecule has 0 spiro atoms. The van der Waals surface area contributed by atoms with Gasteiger partial charge in [0.2, 0.25) is 0 Å². The molecule has 5 aromatic rings. The minimum absolute atomic E-state index is 0.197. The maximum Gasteiger partial charge on any atom is 0.269 e. The number of pyridine rings is 1. The standard InChI is InChI=1S/C27H23N3O3S/c1-2-33-22-15-13-20(14-16-22)26-19-24-25(29-21-9-5-3-6-10-21)17-18-28-27(24)30(26)34(31,32)23-11-7-4-8-12-23/h3-19H,2H2,1H3,(H,28,29). The number of hydrogen-bond acceptors (Lipinski definition) is 5. The Morgan fingerprint density at radius 3 is 2.24 bits per heavy atom. The van der Waals surface area contributed by atoms with Gasteiger partial charge in [0, 0.05) is 17.3 Å². The predicted molar refractivity (Wildman–Crippen MR) is 135 cm³/mol. The molecule has 0 aliphatic heterocycles. The van der Waals surface area contributed by atoms with Crippen LogP contribution in [0.5, 0.6) is 5.75 Å². The third kappa shape index (κ3) is 4.02. The van der Waals surface area contributed by atoms with Crippen LogP contribution in [0, 0.1) is 0 Å². The van der Waals surface area contributed by atoms with Crippen LogP contribution >= 0.6 is 0 Å². The summed E-state index contributed by atoms with van der Waals surface area (Å²) in [6, 6.07) is 29.3. The molecule has 1 N–H and O–H groups in total. The van der Waals surface area contributed by atoms with Gasteiger partial charge in [0.05, 0.1) is 22.9 Å². The number of aromatic nitrogens is 2. The summed E-state index contributed by atoms with van der Waals surface area (Å²) in [5, 5.41) is 4.09. The molecule has 7 heteroatoms. The quantitative estimate of drug-likeness (QED) is 0.313. The van der Waals surface area contributed by atoms with Gasteiger partial charge in [-0.15, -0.1) is 0 Å². The number of nitrogens with one attached hydrogen (secondary N) is 1. The third-order valence-corrected chi connectivity index (χ3v) is 7.17. The molecule has 0 aliphatic carbocycles. The van der Waals surface area contributed by atoms with Crippen molar-refractivity contribution in [2.45, 2.75) is 11.8 Å². The normalized spacial score (nSPS) is 11.4. The zero-order chi connectivity index (χ0) is 23.5. The van der Waals surface area contributed by atoms with Gasteiger partial charge in [-0.2, -0.15) is 0 Å². The maximum absolute atomic E-state index is 13.8. The van der Waals surface area contributed by atoms with E-state index in [1.165, 1.54) is 3.97 Å². The fourth-order valence-electron chi connectivity index (χ4n) is 3.89. The van der Waals surface area contributed by atoms with Crippen molar-refractivity contribution in [3.8, 4) is 17.0 Å². The molecular weight excluding hydrogens is 446 g/mol. The number of anilines is 2. The second-order valence-corrected chi connectivity index (χ2v) is 9.44. The zero-order valence-electron chi connectivity index (χ0n) is 18.5. The molecule has 34 heavy (non-hydrogen) atoms. The summed E-state index contributed by atoms with van der Waals surface area (Å²) in [7, 11) is -3.92. The number of para-hydroxylation sites is 1. The lowest BCUT2D eigenvalue weighted by atomic mass is 10.1. The van der Waals surface area contributed by atoms with E-state index in [-0.39, 0.29) is 4.90 Å². The number of benzene rings is 3. The predicted octanol–water partition coefficient (Wildman–Crippen LogP) is 6.08. The summed E-state index contributed by atoms with van der Waals surface area (Å²) in [4.78, 5) is 4.68. The Morgan fingerprint density at radius 2 is 1.56 bits per heavy atom. The van der Waals surface area contributed by atoms with Crippen molar-refractivity contribution in [3.63, 3.8) is 0 Å². The fraction of sp³-hybridized carbons (Fsp3) is 0.0741. The van der Waals surface area contributed by atoms with Crippen LogP contribution in [0.2, 0.25) is 0 Å². The lowest BCUT2D eigenvalue weighted by molar-refractivity contribution is 0.340. The zero-order valence-corrected chi connectivity index (χ0v) is 19.4. The van der Waals surface area contributed by atoms with Crippen LogP contribution in [0.3, 0.4) is 0 Å². The monoisotopic (exact) mass is 469 g/mol. The summed E-state index contributed by atoms with van der Waals surface area (Å²) in [5.41, 5.74) is 3.29. The Balaban J connectivity index is 1.74. The Bertz CT molecular complexity index is 1530. The molecule has 170 valence electrons. The largest absolute Gasteiger partial charge is 0.494 e. The molecule has 0 radical (unpaired) electrons. The van der Waals surface area contributed by atoms with Crippen LogP contribution in [0.15, 0.2) is 108 Å². The van der Waals surface area contributed by atoms with E-state index in [0.717, 1.165) is 22.7 Å². The first kappa shape index (κ1) is 21.7. The minimum atomic E-state index is -3.92. The molecule has 2 aromatic heterocycles. The Hall–Kier alpha value is -4.10. The van der Waals surface area contributed by atoms with Crippen molar-refractivity contribution < 1.29 is 13.2 Å². The van der Waals surface area contributed by atoms with Crippen LogP contribution in [-0.2, 0) is 10.0 Å². The average molecular weight is 470 g/mol. The van der Waals surface area contributed by atoms with Crippen molar-refractivity contribution in [1.82, 2.24) is 8.96 Å². The van der Waals surface area contributed by atoms with E-state index in [0.29, 0.717) is 23.3 Å². The molecule has 3 aromatic carbocycles. The van der Waals surface area contributed by atoms with Gasteiger partial charge in [0.15, 0.2) is 5.65 Å². The van der Waals surface area contributed by atoms with Crippen molar-refractivity contribution in [1.29, 1.82) is 0 Å². The molecule has 0 atom stereocenters. The van der Waals surface area contributed by atoms with E-state index < -0.39 is 10.0 Å². The van der Waals surface area contributed by atoms with Gasteiger partial charge < -0.3 is 10.1 Å². The lowest BCUT2D eigenvalue weighted by Crippen LogP contribution is -2.14. The summed E-state index contributed by atoms with van der Waals surface area (Å²) >= 11 is 0. The SMILES string of the molecule is CCOc1ccc(-c2cc3c(Nc4ccccc4)ccnc3n2S(=O)(=O)c2ccccc2)cc1. The highest BCUT2D eigenvalue weighted by Gasteiger charge is 2.25. The number of fused-ring (bicyclic) bond motifs is 1. The third-order valence-electron chi connectivity index (χ3n) is 5.46. The van der Waals surface area contributed by atoms with Gasteiger partial charge in [-0.3, -0.25) is 0 Å². The Kier molecular flexibility index (Phi) is 5.77. The van der Waals surface area contributed by atoms with E-state index in [4.69, 9.17) is 4.74 Å². The van der Waals surface area contributed by atoms with Gasteiger partial charge in [-0.25, -0.2) is 17.4 Å². The van der Waals surface area contributed by atoms with E-state index in [1.807, 2.05) is 73.7 Å². The number of ether oxygens (including phenoxy) is 1. The molecule has 0 aliphatic rings. The summed E-state index contributed by atoms with van der Waals surface area (Å²) in [6.07, 6.45) is 1.62. The van der Waals surface area contributed by atoms with Crippen LogP contribution in [0.1, 0.15) is 6.92 Å². The molecule has 6 nitrogen and oxygen atoms in total. The average Bonchev–Trinajstić information content (AvgIpc) is 3.27. The van der Waals surface area contributed by atoms with Crippen LogP contribution < -0.4 is 10.1 Å². The van der Waals surface area contributed by atoms with E-state index in [2.05, 4.69) is 10.3 Å². The van der Waals surface area contributed by atoms with E-state index >= 15 is 0 Å². The van der Waals surface area contributed by atoms with Crippen molar-refractivity contribution in [2.24, 2.45) is 0 Å². The molecule has 5 rings (SSSR count). The second kappa shape index (κ2) is 9.03. The highest BCUT2D eigenvalue weighted by Crippen LogP contribution is 2.36. The Morgan fingerprint density at radius 1 is 0.882 bits per heavy atom. The second-order valence-electron chi connectivity index (χ2n) is 7.66. The topological polar surface area (TPSA) is 73.2 Å². The fourth-order valence-corrected chi connectivity index (χ4v) is 5.39. The molecule has 0 amide bonds. The molecule has 0 fully saturated rings. The highest BCUT2D eigenvalue weighted by molar-refractivity contribution is 7.90. The molecular formula is C27H23N3O3S. The van der Waals surface area contributed by atoms with Crippen LogP contribution in [0.4, 0.5) is 11.4 Å². The first-order valence-electron chi connectivity index (χ1n) is 10.9. The number of nitrogens with zero attached hydrogens (tertiary/aromatic N) is 2. The van der Waals surface area contributed by atoms with Crippen molar-refractivity contribution >= 4 is 32.4 Å². The smallest absolute Gasteiger partial charge is 0.269 e. The summed E-state index contributed by atoms with van der Waals surface area (Å²) in [5.74, 6) is 0.726. The Labute approximate surface area is 198 Å². The highest BCUT2D eigenvalue weighted by atomic mass is 32.2. The maximum atomic E-state index is 13.8. The molecule has 0 bridgehead atoms. The van der Waals surface area contributed by atoms with Crippen molar-refractivity contribution in [2.75, 3.05) is 11.9 Å². The first-order valence-corrected chi connectivity index (χ1v) is 12.4. The van der Waals surface area contributed by atoms with Gasteiger partial charge in [0.1, 0.15) is 5.75 Å². The van der Waals surface area contributed by atoms with Gasteiger partial charge in [-0.1, -0.05) is 36.4 Å². The first-order chi connectivity index (χ1) is 16.6. The van der Waals surface area contributed by atoms with Gasteiger partial charge in [-0.05, 0) is 73.2 Å². The molecule has 0 saturated heterocycles. The van der Waals surface area contributed by atoms with E-state index in [1.54, 1.807) is 36.5 Å². The van der Waals surface area contributed by atoms with Gasteiger partial charge >= 0.3 is 0 Å². The summed E-state index contributed by atoms with van der Waals surface area (Å²) in [6.45, 7) is 2.48. The lowest BCUT2D eigenvalue weighted by Gasteiger charge is -2.12. The summed E-state index contributed by atoms with van der Waals surface area (Å²) < 4.78 is 34.5. The van der Waals surface area contributed by atoms with Crippen LogP contribution in [0.25, 0.3) is 22.3 Å². The van der Waals surface area contributed by atoms with Crippen LogP contribution in [-0.4, -0.2) is 24.0 Å². The number of hydrogen-bond donors (Lipinski definition) is 1. The van der Waals surface area contributed by atoms with E-state index in [9.17, 15) is 8.42 Å². The van der Waals surface area contributed by atoms with Crippen molar-refractivity contribution in [3.05, 3.63) is 103 Å². The molecule has 0 unspecified atom stereocenters. The molecule has 0 saturated carbocycles. The number of rotatable bonds is 7.